The third-order valence-electron chi connectivity index (χ3n) is 5.01. The lowest BCUT2D eigenvalue weighted by atomic mass is 9.92. The molecular weight excluding hydrogens is 362 g/mol. The van der Waals surface area contributed by atoms with E-state index in [0.717, 1.165) is 55.2 Å². The summed E-state index contributed by atoms with van der Waals surface area (Å²) < 4.78 is 10.8. The number of likely N-dealkylation sites (tertiary alicyclic amines) is 1. The van der Waals surface area contributed by atoms with Crippen molar-refractivity contribution in [3.05, 3.63) is 60.0 Å². The van der Waals surface area contributed by atoms with Crippen LogP contribution in [0.1, 0.15) is 39.2 Å². The monoisotopic (exact) mass is 397 g/mol. The van der Waals surface area contributed by atoms with E-state index in [1.54, 1.807) is 14.2 Å². The van der Waals surface area contributed by atoms with E-state index in [1.165, 1.54) is 11.3 Å². The summed E-state index contributed by atoms with van der Waals surface area (Å²) in [6.45, 7) is 17.1. The summed E-state index contributed by atoms with van der Waals surface area (Å²) in [5.41, 5.74) is 4.32. The largest absolute Gasteiger partial charge is 0.493 e. The molecule has 1 aliphatic rings. The van der Waals surface area contributed by atoms with E-state index < -0.39 is 0 Å². The van der Waals surface area contributed by atoms with E-state index >= 15 is 0 Å². The summed E-state index contributed by atoms with van der Waals surface area (Å²) in [5.74, 6) is 1.90. The van der Waals surface area contributed by atoms with Gasteiger partial charge in [-0.05, 0) is 63.9 Å². The van der Waals surface area contributed by atoms with Crippen LogP contribution < -0.4 is 9.47 Å². The molecule has 1 atom stereocenters. The van der Waals surface area contributed by atoms with Gasteiger partial charge in [0.15, 0.2) is 11.5 Å². The van der Waals surface area contributed by atoms with Crippen LogP contribution in [-0.2, 0) is 6.54 Å². The molecule has 0 aromatic heterocycles. The number of nitrogens with zero attached hydrogens (tertiary/aromatic N) is 3. The number of hydrogen-bond donors (Lipinski definition) is 0. The molecule has 29 heavy (non-hydrogen) atoms. The lowest BCUT2D eigenvalue weighted by molar-refractivity contribution is 0.167. The summed E-state index contributed by atoms with van der Waals surface area (Å²) in [6, 6.07) is 6.15. The smallest absolute Gasteiger partial charge is 0.161 e. The first-order valence-corrected chi connectivity index (χ1v) is 10.1. The maximum absolute atomic E-state index is 5.46. The molecule has 1 aromatic rings. The van der Waals surface area contributed by atoms with E-state index in [4.69, 9.17) is 9.47 Å². The fourth-order valence-electron chi connectivity index (χ4n) is 3.78. The number of methoxy groups -OCH3 is 2. The highest BCUT2D eigenvalue weighted by Gasteiger charge is 2.27. The number of ether oxygens (including phenoxy) is 2. The average molecular weight is 398 g/mol. The van der Waals surface area contributed by atoms with E-state index in [-0.39, 0.29) is 0 Å². The van der Waals surface area contributed by atoms with Crippen LogP contribution in [0.5, 0.6) is 11.5 Å². The Morgan fingerprint density at radius 2 is 1.97 bits per heavy atom. The van der Waals surface area contributed by atoms with Crippen LogP contribution in [0.3, 0.4) is 0 Å². The molecule has 5 nitrogen and oxygen atoms in total. The standard InChI is InChI=1S/C24H35N3O2/c1-8-25-27(19(4)5)22(14-18(2)3)21-10-9-13-26(17-21)16-20-11-12-23(28-6)24(15-20)29-7/h8,11-12,14-15,21H,2,4,9-10,13,16-17H2,1,3,5-7H3/b22-14-,25-8-. The van der Waals surface area contributed by atoms with Crippen LogP contribution in [0.15, 0.2) is 59.5 Å². The van der Waals surface area contributed by atoms with Gasteiger partial charge in [-0.1, -0.05) is 24.8 Å². The van der Waals surface area contributed by atoms with Crippen LogP contribution in [0, 0.1) is 5.92 Å². The van der Waals surface area contributed by atoms with Gasteiger partial charge in [0.05, 0.1) is 14.2 Å². The number of hydrogen-bond acceptors (Lipinski definition) is 5. The summed E-state index contributed by atoms with van der Waals surface area (Å²) >= 11 is 0. The van der Waals surface area contributed by atoms with Crippen molar-refractivity contribution in [2.24, 2.45) is 11.0 Å². The van der Waals surface area contributed by atoms with E-state index in [9.17, 15) is 0 Å². The highest BCUT2D eigenvalue weighted by atomic mass is 16.5. The summed E-state index contributed by atoms with van der Waals surface area (Å²) in [4.78, 5) is 2.49. The van der Waals surface area contributed by atoms with Crippen LogP contribution in [0.2, 0.25) is 0 Å². The zero-order valence-corrected chi connectivity index (χ0v) is 18.6. The maximum atomic E-state index is 5.46. The van der Waals surface area contributed by atoms with Gasteiger partial charge in [-0.15, -0.1) is 0 Å². The molecule has 0 radical (unpaired) electrons. The maximum Gasteiger partial charge on any atom is 0.161 e. The third kappa shape index (κ3) is 6.23. The molecule has 0 bridgehead atoms. The summed E-state index contributed by atoms with van der Waals surface area (Å²) in [5, 5.41) is 6.51. The molecule has 0 amide bonds. The molecule has 1 saturated heterocycles. The minimum absolute atomic E-state index is 0.376. The number of hydrazone groups is 1. The molecule has 1 aromatic carbocycles. The fourth-order valence-corrected chi connectivity index (χ4v) is 3.78. The fraction of sp³-hybridized carbons (Fsp3) is 0.458. The Bertz CT molecular complexity index is 782. The first kappa shape index (κ1) is 22.8. The second-order valence-electron chi connectivity index (χ2n) is 7.60. The van der Waals surface area contributed by atoms with Crippen LogP contribution in [-0.4, -0.2) is 43.4 Å². The molecule has 1 heterocycles. The van der Waals surface area contributed by atoms with Gasteiger partial charge in [-0.2, -0.15) is 5.10 Å². The quantitative estimate of drug-likeness (QED) is 0.325. The zero-order chi connectivity index (χ0) is 21.4. The Hall–Kier alpha value is -2.53. The normalized spacial score (nSPS) is 18.0. The van der Waals surface area contributed by atoms with Gasteiger partial charge < -0.3 is 9.47 Å². The number of rotatable bonds is 9. The molecule has 1 fully saturated rings. The minimum Gasteiger partial charge on any atom is -0.493 e. The van der Waals surface area contributed by atoms with Gasteiger partial charge in [0.2, 0.25) is 0 Å². The first-order valence-electron chi connectivity index (χ1n) is 10.1. The third-order valence-corrected chi connectivity index (χ3v) is 5.01. The highest BCUT2D eigenvalue weighted by Crippen LogP contribution is 2.32. The zero-order valence-electron chi connectivity index (χ0n) is 18.6. The predicted molar refractivity (Wildman–Crippen MR) is 121 cm³/mol. The molecule has 158 valence electrons. The van der Waals surface area contributed by atoms with Crippen molar-refractivity contribution in [3.63, 3.8) is 0 Å². The Morgan fingerprint density at radius 1 is 1.24 bits per heavy atom. The lowest BCUT2D eigenvalue weighted by Crippen LogP contribution is -2.38. The van der Waals surface area contributed by atoms with E-state index in [0.29, 0.717) is 5.92 Å². The van der Waals surface area contributed by atoms with Gasteiger partial charge in [0.1, 0.15) is 0 Å². The van der Waals surface area contributed by atoms with Gasteiger partial charge in [-0.25, -0.2) is 5.01 Å². The molecule has 5 heteroatoms. The SMILES string of the molecule is C=C(C)/C=C(/C1CCCN(Cc2ccc(OC)c(OC)c2)C1)N(/N=C\C)C(=C)C. The summed E-state index contributed by atoms with van der Waals surface area (Å²) in [7, 11) is 3.34. The Labute approximate surface area is 176 Å². The van der Waals surface area contributed by atoms with Crippen molar-refractivity contribution in [1.82, 2.24) is 9.91 Å². The van der Waals surface area contributed by atoms with Gasteiger partial charge in [0.25, 0.3) is 0 Å². The molecule has 0 N–H and O–H groups in total. The highest BCUT2D eigenvalue weighted by molar-refractivity contribution is 5.53. The van der Waals surface area contributed by atoms with Crippen molar-refractivity contribution >= 4 is 6.21 Å². The first-order chi connectivity index (χ1) is 13.9. The van der Waals surface area contributed by atoms with E-state index in [1.807, 2.05) is 38.1 Å². The van der Waals surface area contributed by atoms with Crippen LogP contribution in [0.4, 0.5) is 0 Å². The van der Waals surface area contributed by atoms with Gasteiger partial charge in [0, 0.05) is 36.6 Å². The van der Waals surface area contributed by atoms with Crippen LogP contribution in [0.25, 0.3) is 0 Å². The Balaban J connectivity index is 2.21. The Morgan fingerprint density at radius 3 is 2.55 bits per heavy atom. The number of allylic oxidation sites excluding steroid dienone is 3. The number of benzene rings is 1. The predicted octanol–water partition coefficient (Wildman–Crippen LogP) is 5.22. The van der Waals surface area contributed by atoms with Gasteiger partial charge in [-0.3, -0.25) is 4.90 Å². The van der Waals surface area contributed by atoms with Crippen molar-refractivity contribution in [2.45, 2.75) is 40.2 Å². The van der Waals surface area contributed by atoms with Crippen molar-refractivity contribution in [1.29, 1.82) is 0 Å². The van der Waals surface area contributed by atoms with E-state index in [2.05, 4.69) is 41.4 Å². The Kier molecular flexibility index (Phi) is 8.52. The molecular formula is C24H35N3O2. The second-order valence-corrected chi connectivity index (χ2v) is 7.60. The van der Waals surface area contributed by atoms with Crippen LogP contribution >= 0.6 is 0 Å². The summed E-state index contributed by atoms with van der Waals surface area (Å²) in [6.07, 6.45) is 6.23. The minimum atomic E-state index is 0.376. The second kappa shape index (κ2) is 10.9. The molecule has 1 aliphatic heterocycles. The topological polar surface area (TPSA) is 37.3 Å². The number of piperidine rings is 1. The molecule has 0 saturated carbocycles. The lowest BCUT2D eigenvalue weighted by Gasteiger charge is -2.37. The average Bonchev–Trinajstić information content (AvgIpc) is 2.70. The van der Waals surface area contributed by atoms with Crippen molar-refractivity contribution in [2.75, 3.05) is 27.3 Å². The molecule has 1 unspecified atom stereocenters. The molecule has 0 aliphatic carbocycles. The van der Waals surface area contributed by atoms with Crippen molar-refractivity contribution in [3.8, 4) is 11.5 Å². The van der Waals surface area contributed by atoms with Crippen molar-refractivity contribution < 1.29 is 9.47 Å². The van der Waals surface area contributed by atoms with Gasteiger partial charge >= 0.3 is 0 Å². The molecule has 0 spiro atoms. The molecule has 2 rings (SSSR count).